The second-order valence-corrected chi connectivity index (χ2v) is 7.57. The topological polar surface area (TPSA) is 105 Å². The molecule has 7 nitrogen and oxygen atoms in total. The molecule has 28 heavy (non-hydrogen) atoms. The van der Waals surface area contributed by atoms with Gasteiger partial charge in [0.2, 0.25) is 11.8 Å². The van der Waals surface area contributed by atoms with Crippen LogP contribution in [0, 0.1) is 12.3 Å². The lowest BCUT2D eigenvalue weighted by atomic mass is 9.86. The molecule has 0 saturated heterocycles. The summed E-state index contributed by atoms with van der Waals surface area (Å²) >= 11 is 0. The van der Waals surface area contributed by atoms with Gasteiger partial charge in [-0.1, -0.05) is 38.2 Å². The van der Waals surface area contributed by atoms with E-state index in [0.717, 1.165) is 19.3 Å². The highest BCUT2D eigenvalue weighted by atomic mass is 16.2. The summed E-state index contributed by atoms with van der Waals surface area (Å²) < 4.78 is 0. The zero-order valence-electron chi connectivity index (χ0n) is 16.7. The van der Waals surface area contributed by atoms with Gasteiger partial charge in [-0.3, -0.25) is 14.4 Å². The Morgan fingerprint density at radius 3 is 2.57 bits per heavy atom. The summed E-state index contributed by atoms with van der Waals surface area (Å²) in [6.07, 6.45) is 8.41. The van der Waals surface area contributed by atoms with E-state index in [1.165, 1.54) is 24.2 Å². The SMILES string of the molecule is CN(C)C(=O)c1cccc(NC[C@H](NC(=O)[CH]CC2CCCCC2)C(N)=O)c1. The maximum atomic E-state index is 12.2. The molecule has 0 unspecified atom stereocenters. The number of nitrogens with zero attached hydrogens (tertiary/aromatic N) is 1. The van der Waals surface area contributed by atoms with Gasteiger partial charge in [0.05, 0.1) is 0 Å². The van der Waals surface area contributed by atoms with Crippen molar-refractivity contribution in [2.45, 2.75) is 44.6 Å². The van der Waals surface area contributed by atoms with Crippen molar-refractivity contribution in [3.8, 4) is 0 Å². The molecular weight excluding hydrogens is 356 g/mol. The van der Waals surface area contributed by atoms with Crippen LogP contribution in [0.1, 0.15) is 48.9 Å². The summed E-state index contributed by atoms with van der Waals surface area (Å²) in [6.45, 7) is 0.151. The zero-order valence-corrected chi connectivity index (χ0v) is 16.7. The Morgan fingerprint density at radius 2 is 1.93 bits per heavy atom. The van der Waals surface area contributed by atoms with E-state index in [0.29, 0.717) is 17.2 Å². The average Bonchev–Trinajstić information content (AvgIpc) is 2.69. The first kappa shape index (κ1) is 21.7. The first-order chi connectivity index (χ1) is 13.4. The molecule has 153 valence electrons. The molecule has 7 heteroatoms. The van der Waals surface area contributed by atoms with Crippen LogP contribution in [0.4, 0.5) is 5.69 Å². The second-order valence-electron chi connectivity index (χ2n) is 7.57. The van der Waals surface area contributed by atoms with E-state index in [4.69, 9.17) is 5.73 Å². The first-order valence-corrected chi connectivity index (χ1v) is 9.85. The number of rotatable bonds is 9. The molecule has 1 saturated carbocycles. The van der Waals surface area contributed by atoms with E-state index in [1.807, 2.05) is 0 Å². The summed E-state index contributed by atoms with van der Waals surface area (Å²) in [5, 5.41) is 5.75. The Labute approximate surface area is 167 Å². The minimum absolute atomic E-state index is 0.110. The highest BCUT2D eigenvalue weighted by molar-refractivity contribution is 5.95. The van der Waals surface area contributed by atoms with Crippen LogP contribution in [0.5, 0.6) is 0 Å². The third kappa shape index (κ3) is 6.87. The van der Waals surface area contributed by atoms with Crippen LogP contribution in [0.2, 0.25) is 0 Å². The molecule has 1 aromatic carbocycles. The van der Waals surface area contributed by atoms with Gasteiger partial charge in [-0.05, 0) is 30.5 Å². The molecule has 1 atom stereocenters. The van der Waals surface area contributed by atoms with Crippen molar-refractivity contribution in [1.29, 1.82) is 0 Å². The maximum absolute atomic E-state index is 12.2. The molecule has 1 aliphatic carbocycles. The predicted molar refractivity (Wildman–Crippen MR) is 110 cm³/mol. The Hall–Kier alpha value is -2.57. The summed E-state index contributed by atoms with van der Waals surface area (Å²) in [6, 6.07) is 6.15. The number of carbonyl (C=O) groups excluding carboxylic acids is 3. The molecule has 1 aliphatic rings. The third-order valence-corrected chi connectivity index (χ3v) is 5.05. The number of primary amides is 1. The number of carbonyl (C=O) groups is 3. The molecule has 4 N–H and O–H groups in total. The predicted octanol–water partition coefficient (Wildman–Crippen LogP) is 1.95. The van der Waals surface area contributed by atoms with Crippen molar-refractivity contribution < 1.29 is 14.4 Å². The van der Waals surface area contributed by atoms with Crippen molar-refractivity contribution in [2.24, 2.45) is 11.7 Å². The molecule has 0 aromatic heterocycles. The average molecular weight is 388 g/mol. The van der Waals surface area contributed by atoms with Crippen LogP contribution in [0.3, 0.4) is 0 Å². The number of nitrogens with two attached hydrogens (primary N) is 1. The smallest absolute Gasteiger partial charge is 0.253 e. The molecule has 3 amide bonds. The van der Waals surface area contributed by atoms with Crippen molar-refractivity contribution in [3.63, 3.8) is 0 Å². The third-order valence-electron chi connectivity index (χ3n) is 5.05. The van der Waals surface area contributed by atoms with Crippen LogP contribution in [0.15, 0.2) is 24.3 Å². The summed E-state index contributed by atoms with van der Waals surface area (Å²) in [5.41, 5.74) is 6.66. The maximum Gasteiger partial charge on any atom is 0.253 e. The monoisotopic (exact) mass is 387 g/mol. The van der Waals surface area contributed by atoms with Gasteiger partial charge in [0.25, 0.3) is 5.91 Å². The fraction of sp³-hybridized carbons (Fsp3) is 0.524. The van der Waals surface area contributed by atoms with Gasteiger partial charge < -0.3 is 21.3 Å². The van der Waals surface area contributed by atoms with Crippen LogP contribution >= 0.6 is 0 Å². The van der Waals surface area contributed by atoms with E-state index in [-0.39, 0.29) is 18.4 Å². The molecule has 0 aliphatic heterocycles. The van der Waals surface area contributed by atoms with Crippen LogP contribution < -0.4 is 16.4 Å². The van der Waals surface area contributed by atoms with Crippen LogP contribution in [0.25, 0.3) is 0 Å². The fourth-order valence-corrected chi connectivity index (χ4v) is 3.39. The van der Waals surface area contributed by atoms with Crippen molar-refractivity contribution in [1.82, 2.24) is 10.2 Å². The van der Waals surface area contributed by atoms with Gasteiger partial charge in [-0.2, -0.15) is 0 Å². The molecule has 0 spiro atoms. The second kappa shape index (κ2) is 10.7. The Balaban J connectivity index is 1.85. The number of nitrogens with one attached hydrogen (secondary N) is 2. The standard InChI is InChI=1S/C21H31N4O3/c1-25(2)21(28)16-9-6-10-17(13-16)23-14-18(20(22)27)24-19(26)12-11-15-7-4-3-5-8-15/h6,9-10,12-13,15,18,23H,3-5,7-8,11,14H2,1-2H3,(H2,22,27)(H,24,26)/t18-/m0/s1. The number of hydrogen-bond donors (Lipinski definition) is 3. The Morgan fingerprint density at radius 1 is 1.21 bits per heavy atom. The van der Waals surface area contributed by atoms with Crippen LogP contribution in [-0.2, 0) is 9.59 Å². The van der Waals surface area contributed by atoms with E-state index in [2.05, 4.69) is 10.6 Å². The van der Waals surface area contributed by atoms with Gasteiger partial charge in [0.1, 0.15) is 6.04 Å². The molecule has 0 bridgehead atoms. The van der Waals surface area contributed by atoms with Gasteiger partial charge in [-0.15, -0.1) is 0 Å². The number of benzene rings is 1. The van der Waals surface area contributed by atoms with E-state index < -0.39 is 11.9 Å². The lowest BCUT2D eigenvalue weighted by Gasteiger charge is -2.22. The van der Waals surface area contributed by atoms with Gasteiger partial charge >= 0.3 is 0 Å². The van der Waals surface area contributed by atoms with E-state index in [1.54, 1.807) is 44.8 Å². The molecule has 1 radical (unpaired) electrons. The van der Waals surface area contributed by atoms with E-state index in [9.17, 15) is 14.4 Å². The van der Waals surface area contributed by atoms with Crippen LogP contribution in [-0.4, -0.2) is 49.3 Å². The zero-order chi connectivity index (χ0) is 20.5. The normalized spacial score (nSPS) is 15.5. The van der Waals surface area contributed by atoms with E-state index >= 15 is 0 Å². The van der Waals surface area contributed by atoms with Gasteiger partial charge in [0.15, 0.2) is 0 Å². The highest BCUT2D eigenvalue weighted by Crippen LogP contribution is 2.26. The Bertz CT molecular complexity index is 684. The van der Waals surface area contributed by atoms with Crippen molar-refractivity contribution in [2.75, 3.05) is 26.0 Å². The van der Waals surface area contributed by atoms with Gasteiger partial charge in [-0.25, -0.2) is 0 Å². The molecular formula is C21H31N4O3. The first-order valence-electron chi connectivity index (χ1n) is 9.85. The highest BCUT2D eigenvalue weighted by Gasteiger charge is 2.20. The quantitative estimate of drug-likeness (QED) is 0.602. The minimum Gasteiger partial charge on any atom is -0.382 e. The Kier molecular flexibility index (Phi) is 8.29. The largest absolute Gasteiger partial charge is 0.382 e. The number of amides is 3. The minimum atomic E-state index is -0.830. The summed E-state index contributed by atoms with van der Waals surface area (Å²) in [7, 11) is 3.37. The number of anilines is 1. The molecule has 1 aromatic rings. The summed E-state index contributed by atoms with van der Waals surface area (Å²) in [5.74, 6) is -0.428. The number of hydrogen-bond acceptors (Lipinski definition) is 4. The molecule has 2 rings (SSSR count). The lowest BCUT2D eigenvalue weighted by molar-refractivity contribution is -0.125. The van der Waals surface area contributed by atoms with Crippen molar-refractivity contribution >= 4 is 23.4 Å². The fourth-order valence-electron chi connectivity index (χ4n) is 3.39. The summed E-state index contributed by atoms with van der Waals surface area (Å²) in [4.78, 5) is 37.4. The van der Waals surface area contributed by atoms with Crippen molar-refractivity contribution in [3.05, 3.63) is 36.2 Å². The van der Waals surface area contributed by atoms with Gasteiger partial charge in [0, 0.05) is 38.3 Å². The molecule has 1 fully saturated rings. The molecule has 0 heterocycles. The lowest BCUT2D eigenvalue weighted by Crippen LogP contribution is -2.48.